The second-order valence-corrected chi connectivity index (χ2v) is 3.99. The van der Waals surface area contributed by atoms with Crippen molar-refractivity contribution in [1.29, 1.82) is 0 Å². The molecule has 0 spiro atoms. The van der Waals surface area contributed by atoms with E-state index in [0.29, 0.717) is 18.1 Å². The molecular formula is C10H17N5O. The van der Waals surface area contributed by atoms with Gasteiger partial charge in [-0.1, -0.05) is 6.92 Å². The molecular weight excluding hydrogens is 206 g/mol. The molecule has 0 aromatic carbocycles. The number of aryl methyl sites for hydroxylation is 1. The van der Waals surface area contributed by atoms with Crippen molar-refractivity contribution in [2.75, 3.05) is 23.7 Å². The van der Waals surface area contributed by atoms with E-state index in [1.54, 1.807) is 10.9 Å². The summed E-state index contributed by atoms with van der Waals surface area (Å²) in [5.41, 5.74) is 6.50. The number of rotatable bonds is 2. The average Bonchev–Trinajstić information content (AvgIpc) is 2.57. The molecule has 6 heteroatoms. The fourth-order valence-corrected chi connectivity index (χ4v) is 2.09. The molecule has 16 heavy (non-hydrogen) atoms. The number of nitrogen functional groups attached to an aromatic ring is 1. The molecule has 0 radical (unpaired) electrons. The number of hydrogen-bond donors (Lipinski definition) is 2. The average molecular weight is 223 g/mol. The van der Waals surface area contributed by atoms with Gasteiger partial charge in [-0.15, -0.1) is 0 Å². The Morgan fingerprint density at radius 1 is 1.69 bits per heavy atom. The molecule has 0 bridgehead atoms. The van der Waals surface area contributed by atoms with Crippen molar-refractivity contribution < 1.29 is 4.79 Å². The third-order valence-corrected chi connectivity index (χ3v) is 2.83. The predicted octanol–water partition coefficient (Wildman–Crippen LogP) is -0.283. The lowest BCUT2D eigenvalue weighted by atomic mass is 10.1. The van der Waals surface area contributed by atoms with E-state index in [-0.39, 0.29) is 11.9 Å². The Morgan fingerprint density at radius 3 is 3.00 bits per heavy atom. The molecule has 1 unspecified atom stereocenters. The molecule has 1 aromatic heterocycles. The van der Waals surface area contributed by atoms with Gasteiger partial charge in [0.1, 0.15) is 6.04 Å². The van der Waals surface area contributed by atoms with Gasteiger partial charge in [0.15, 0.2) is 5.82 Å². The van der Waals surface area contributed by atoms with Gasteiger partial charge in [-0.2, -0.15) is 5.10 Å². The maximum Gasteiger partial charge on any atom is 0.242 e. The SMILES string of the molecule is CCC1C(=O)NCCN1c1nn(C)cc1N. The molecule has 1 atom stereocenters. The molecule has 0 aliphatic carbocycles. The highest BCUT2D eigenvalue weighted by atomic mass is 16.2. The van der Waals surface area contributed by atoms with Crippen molar-refractivity contribution in [3.8, 4) is 0 Å². The van der Waals surface area contributed by atoms with E-state index < -0.39 is 0 Å². The van der Waals surface area contributed by atoms with Crippen LogP contribution in [0.1, 0.15) is 13.3 Å². The molecule has 2 rings (SSSR count). The zero-order chi connectivity index (χ0) is 11.7. The molecule has 0 saturated carbocycles. The van der Waals surface area contributed by atoms with Crippen LogP contribution < -0.4 is 16.0 Å². The summed E-state index contributed by atoms with van der Waals surface area (Å²) in [4.78, 5) is 13.7. The third kappa shape index (κ3) is 1.70. The number of hydrogen-bond acceptors (Lipinski definition) is 4. The van der Waals surface area contributed by atoms with Gasteiger partial charge in [-0.25, -0.2) is 0 Å². The minimum absolute atomic E-state index is 0.0544. The van der Waals surface area contributed by atoms with Gasteiger partial charge in [0.05, 0.1) is 5.69 Å². The third-order valence-electron chi connectivity index (χ3n) is 2.83. The lowest BCUT2D eigenvalue weighted by Gasteiger charge is -2.34. The van der Waals surface area contributed by atoms with Gasteiger partial charge in [0.25, 0.3) is 0 Å². The van der Waals surface area contributed by atoms with Crippen molar-refractivity contribution in [1.82, 2.24) is 15.1 Å². The Labute approximate surface area is 94.4 Å². The van der Waals surface area contributed by atoms with E-state index in [9.17, 15) is 4.79 Å². The minimum Gasteiger partial charge on any atom is -0.394 e. The van der Waals surface area contributed by atoms with Gasteiger partial charge in [0.2, 0.25) is 5.91 Å². The highest BCUT2D eigenvalue weighted by Gasteiger charge is 2.30. The molecule has 1 saturated heterocycles. The molecule has 2 heterocycles. The van der Waals surface area contributed by atoms with E-state index in [2.05, 4.69) is 10.4 Å². The minimum atomic E-state index is -0.161. The Hall–Kier alpha value is -1.72. The van der Waals surface area contributed by atoms with Crippen LogP contribution in [0.4, 0.5) is 11.5 Å². The Kier molecular flexibility index (Phi) is 2.72. The van der Waals surface area contributed by atoms with Crippen LogP contribution in [-0.2, 0) is 11.8 Å². The first-order valence-electron chi connectivity index (χ1n) is 5.47. The molecule has 88 valence electrons. The molecule has 3 N–H and O–H groups in total. The Balaban J connectivity index is 2.31. The van der Waals surface area contributed by atoms with Gasteiger partial charge >= 0.3 is 0 Å². The normalized spacial score (nSPS) is 21.0. The quantitative estimate of drug-likeness (QED) is 0.723. The highest BCUT2D eigenvalue weighted by molar-refractivity contribution is 5.87. The van der Waals surface area contributed by atoms with E-state index in [1.165, 1.54) is 0 Å². The maximum atomic E-state index is 11.7. The van der Waals surface area contributed by atoms with Crippen LogP contribution in [0.5, 0.6) is 0 Å². The summed E-state index contributed by atoms with van der Waals surface area (Å²) in [6, 6.07) is -0.161. The van der Waals surface area contributed by atoms with Crippen molar-refractivity contribution in [3.05, 3.63) is 6.20 Å². The van der Waals surface area contributed by atoms with Crippen LogP contribution in [0.3, 0.4) is 0 Å². The van der Waals surface area contributed by atoms with Crippen molar-refractivity contribution in [2.45, 2.75) is 19.4 Å². The van der Waals surface area contributed by atoms with Gasteiger partial charge in [-0.05, 0) is 6.42 Å². The van der Waals surface area contributed by atoms with Crippen molar-refractivity contribution in [3.63, 3.8) is 0 Å². The number of nitrogens with one attached hydrogen (secondary N) is 1. The number of nitrogens with zero attached hydrogens (tertiary/aromatic N) is 3. The number of aromatic nitrogens is 2. The zero-order valence-electron chi connectivity index (χ0n) is 9.60. The fraction of sp³-hybridized carbons (Fsp3) is 0.600. The van der Waals surface area contributed by atoms with Crippen LogP contribution in [0.25, 0.3) is 0 Å². The van der Waals surface area contributed by atoms with Crippen LogP contribution >= 0.6 is 0 Å². The van der Waals surface area contributed by atoms with E-state index in [0.717, 1.165) is 13.0 Å². The summed E-state index contributed by atoms with van der Waals surface area (Å²) in [6.07, 6.45) is 2.51. The highest BCUT2D eigenvalue weighted by Crippen LogP contribution is 2.24. The monoisotopic (exact) mass is 223 g/mol. The van der Waals surface area contributed by atoms with Gasteiger partial charge < -0.3 is 16.0 Å². The molecule has 1 fully saturated rings. The number of piperazine rings is 1. The van der Waals surface area contributed by atoms with Crippen LogP contribution in [0.2, 0.25) is 0 Å². The lowest BCUT2D eigenvalue weighted by Crippen LogP contribution is -2.55. The number of anilines is 2. The van der Waals surface area contributed by atoms with Gasteiger partial charge in [0, 0.05) is 26.3 Å². The largest absolute Gasteiger partial charge is 0.394 e. The standard InChI is InChI=1S/C10H17N5O/c1-3-8-10(16)12-4-5-15(8)9-7(11)6-14(2)13-9/h6,8H,3-5,11H2,1-2H3,(H,12,16). The Morgan fingerprint density at radius 2 is 2.44 bits per heavy atom. The van der Waals surface area contributed by atoms with E-state index in [4.69, 9.17) is 5.73 Å². The number of carbonyl (C=O) groups excluding carboxylic acids is 1. The topological polar surface area (TPSA) is 76.2 Å². The molecule has 1 aliphatic rings. The number of amides is 1. The zero-order valence-corrected chi connectivity index (χ0v) is 9.60. The summed E-state index contributed by atoms with van der Waals surface area (Å²) in [6.45, 7) is 3.39. The predicted molar refractivity (Wildman–Crippen MR) is 62.1 cm³/mol. The summed E-state index contributed by atoms with van der Waals surface area (Å²) >= 11 is 0. The second kappa shape index (κ2) is 4.03. The molecule has 1 aromatic rings. The van der Waals surface area contributed by atoms with E-state index in [1.807, 2.05) is 18.9 Å². The maximum absolute atomic E-state index is 11.7. The first-order chi connectivity index (χ1) is 7.63. The molecule has 1 amide bonds. The first-order valence-corrected chi connectivity index (χ1v) is 5.47. The van der Waals surface area contributed by atoms with Crippen molar-refractivity contribution >= 4 is 17.4 Å². The lowest BCUT2D eigenvalue weighted by molar-refractivity contribution is -0.123. The summed E-state index contributed by atoms with van der Waals surface area (Å²) in [5.74, 6) is 0.767. The molecule has 1 aliphatic heterocycles. The fourth-order valence-electron chi connectivity index (χ4n) is 2.09. The summed E-state index contributed by atoms with van der Waals surface area (Å²) in [7, 11) is 1.82. The first kappa shape index (κ1) is 10.8. The number of nitrogens with two attached hydrogens (primary N) is 1. The smallest absolute Gasteiger partial charge is 0.242 e. The van der Waals surface area contributed by atoms with Crippen molar-refractivity contribution in [2.24, 2.45) is 7.05 Å². The molecule has 6 nitrogen and oxygen atoms in total. The second-order valence-electron chi connectivity index (χ2n) is 3.99. The van der Waals surface area contributed by atoms with Crippen LogP contribution in [-0.4, -0.2) is 34.8 Å². The number of carbonyl (C=O) groups is 1. The summed E-state index contributed by atoms with van der Waals surface area (Å²) in [5, 5.41) is 7.16. The Bertz CT molecular complexity index is 400. The van der Waals surface area contributed by atoms with Crippen LogP contribution in [0.15, 0.2) is 6.20 Å². The summed E-state index contributed by atoms with van der Waals surface area (Å²) < 4.78 is 1.67. The van der Waals surface area contributed by atoms with Gasteiger partial charge in [-0.3, -0.25) is 9.48 Å². The van der Waals surface area contributed by atoms with Crippen LogP contribution in [0, 0.1) is 0 Å². The van der Waals surface area contributed by atoms with E-state index >= 15 is 0 Å².